The molecule has 1 fully saturated rings. The highest BCUT2D eigenvalue weighted by molar-refractivity contribution is 6.31. The standard InChI is InChI=1S/C25H28N2O3/c1-29-13-12-26-8-10-27(11-9-26)16-18-6-7-22-20(14-18)17-30-25(22)24-21-5-3-2-4-19(21)15-23(24)28/h2-7,14H,8-13,15-17H2,1H3/b25-24+. The van der Waals surface area contributed by atoms with Gasteiger partial charge in [0.25, 0.3) is 0 Å². The van der Waals surface area contributed by atoms with E-state index in [9.17, 15) is 4.79 Å². The number of hydrogen-bond acceptors (Lipinski definition) is 5. The Kier molecular flexibility index (Phi) is 5.42. The van der Waals surface area contributed by atoms with E-state index in [1.807, 2.05) is 24.3 Å². The summed E-state index contributed by atoms with van der Waals surface area (Å²) in [5, 5.41) is 0. The summed E-state index contributed by atoms with van der Waals surface area (Å²) >= 11 is 0. The van der Waals surface area contributed by atoms with Crippen LogP contribution in [0.2, 0.25) is 0 Å². The van der Waals surface area contributed by atoms with Crippen molar-refractivity contribution in [3.8, 4) is 0 Å². The van der Waals surface area contributed by atoms with Gasteiger partial charge in [0.05, 0.1) is 12.2 Å². The maximum absolute atomic E-state index is 12.7. The first-order chi connectivity index (χ1) is 14.7. The van der Waals surface area contributed by atoms with Gasteiger partial charge in [-0.2, -0.15) is 0 Å². The Balaban J connectivity index is 1.32. The number of carbonyl (C=O) groups is 1. The van der Waals surface area contributed by atoms with Gasteiger partial charge in [-0.1, -0.05) is 42.5 Å². The molecule has 0 atom stereocenters. The van der Waals surface area contributed by atoms with Crippen molar-refractivity contribution in [3.63, 3.8) is 0 Å². The van der Waals surface area contributed by atoms with Crippen molar-refractivity contribution in [3.05, 3.63) is 70.3 Å². The number of ketones is 1. The molecular weight excluding hydrogens is 376 g/mol. The third-order valence-corrected chi connectivity index (χ3v) is 6.41. The highest BCUT2D eigenvalue weighted by atomic mass is 16.5. The maximum atomic E-state index is 12.7. The Labute approximate surface area is 177 Å². The molecule has 0 N–H and O–H groups in total. The van der Waals surface area contributed by atoms with Crippen LogP contribution in [-0.4, -0.2) is 62.0 Å². The Morgan fingerprint density at radius 3 is 2.60 bits per heavy atom. The molecule has 30 heavy (non-hydrogen) atoms. The van der Waals surface area contributed by atoms with Crippen LogP contribution in [0.4, 0.5) is 0 Å². The highest BCUT2D eigenvalue weighted by Crippen LogP contribution is 2.40. The van der Waals surface area contributed by atoms with Gasteiger partial charge >= 0.3 is 0 Å². The van der Waals surface area contributed by atoms with E-state index >= 15 is 0 Å². The Morgan fingerprint density at radius 1 is 0.967 bits per heavy atom. The van der Waals surface area contributed by atoms with Crippen molar-refractivity contribution < 1.29 is 14.3 Å². The van der Waals surface area contributed by atoms with Crippen molar-refractivity contribution in [1.29, 1.82) is 0 Å². The Hall–Kier alpha value is -2.47. The largest absolute Gasteiger partial charge is 0.487 e. The lowest BCUT2D eigenvalue weighted by atomic mass is 9.99. The predicted molar refractivity (Wildman–Crippen MR) is 117 cm³/mol. The normalized spacial score (nSPS) is 21.6. The van der Waals surface area contributed by atoms with Crippen LogP contribution in [0.25, 0.3) is 11.3 Å². The lowest BCUT2D eigenvalue weighted by Gasteiger charge is -2.34. The summed E-state index contributed by atoms with van der Waals surface area (Å²) in [5.41, 5.74) is 6.45. The van der Waals surface area contributed by atoms with Crippen molar-refractivity contribution in [2.45, 2.75) is 19.6 Å². The van der Waals surface area contributed by atoms with E-state index < -0.39 is 0 Å². The van der Waals surface area contributed by atoms with E-state index in [0.717, 1.165) is 73.9 Å². The molecule has 0 unspecified atom stereocenters. The van der Waals surface area contributed by atoms with Gasteiger partial charge in [0.1, 0.15) is 12.4 Å². The third-order valence-electron chi connectivity index (χ3n) is 6.41. The zero-order valence-electron chi connectivity index (χ0n) is 17.5. The lowest BCUT2D eigenvalue weighted by Crippen LogP contribution is -2.46. The Bertz CT molecular complexity index is 990. The first kappa shape index (κ1) is 19.5. The second-order valence-electron chi connectivity index (χ2n) is 8.35. The van der Waals surface area contributed by atoms with Gasteiger partial charge in [-0.05, 0) is 16.7 Å². The number of hydrogen-bond donors (Lipinski definition) is 0. The van der Waals surface area contributed by atoms with Crippen LogP contribution in [-0.2, 0) is 33.8 Å². The van der Waals surface area contributed by atoms with Gasteiger partial charge in [-0.3, -0.25) is 14.6 Å². The maximum Gasteiger partial charge on any atom is 0.171 e. The van der Waals surface area contributed by atoms with Crippen LogP contribution in [0, 0.1) is 0 Å². The molecule has 0 aromatic heterocycles. The molecule has 5 heteroatoms. The third kappa shape index (κ3) is 3.69. The van der Waals surface area contributed by atoms with Crippen molar-refractivity contribution in [2.75, 3.05) is 46.4 Å². The molecule has 0 radical (unpaired) electrons. The lowest BCUT2D eigenvalue weighted by molar-refractivity contribution is -0.112. The molecule has 2 aromatic carbocycles. The molecule has 2 aliphatic heterocycles. The van der Waals surface area contributed by atoms with Crippen LogP contribution < -0.4 is 0 Å². The van der Waals surface area contributed by atoms with Crippen LogP contribution >= 0.6 is 0 Å². The SMILES string of the molecule is COCCN1CCN(Cc2ccc3c(c2)CO/C3=C2/C(=O)Cc3ccccc32)CC1. The van der Waals surface area contributed by atoms with Gasteiger partial charge in [-0.15, -0.1) is 0 Å². The van der Waals surface area contributed by atoms with Crippen molar-refractivity contribution in [1.82, 2.24) is 9.80 Å². The number of Topliss-reactive ketones (excluding diaryl/α,β-unsaturated/α-hetero) is 1. The quantitative estimate of drug-likeness (QED) is 0.717. The number of ether oxygens (including phenoxy) is 2. The number of carbonyl (C=O) groups excluding carboxylic acids is 1. The molecule has 2 aromatic rings. The Morgan fingerprint density at radius 2 is 1.77 bits per heavy atom. The first-order valence-corrected chi connectivity index (χ1v) is 10.8. The number of rotatable bonds is 5. The highest BCUT2D eigenvalue weighted by Gasteiger charge is 2.32. The van der Waals surface area contributed by atoms with E-state index in [-0.39, 0.29) is 5.78 Å². The second-order valence-corrected chi connectivity index (χ2v) is 8.35. The van der Waals surface area contributed by atoms with Crippen LogP contribution in [0.3, 0.4) is 0 Å². The monoisotopic (exact) mass is 404 g/mol. The average Bonchev–Trinajstić information content (AvgIpc) is 3.32. The minimum atomic E-state index is 0.162. The number of nitrogens with zero attached hydrogens (tertiary/aromatic N) is 2. The number of methoxy groups -OCH3 is 1. The summed E-state index contributed by atoms with van der Waals surface area (Å²) in [7, 11) is 1.76. The summed E-state index contributed by atoms with van der Waals surface area (Å²) in [5.74, 6) is 0.924. The van der Waals surface area contributed by atoms with Gasteiger partial charge in [-0.25, -0.2) is 0 Å². The number of allylic oxidation sites excluding steroid dienone is 1. The molecule has 0 saturated carbocycles. The molecule has 2 heterocycles. The molecule has 1 saturated heterocycles. The summed E-state index contributed by atoms with van der Waals surface area (Å²) in [6.45, 7) is 7.66. The number of piperazine rings is 1. The summed E-state index contributed by atoms with van der Waals surface area (Å²) < 4.78 is 11.2. The van der Waals surface area contributed by atoms with Gasteiger partial charge < -0.3 is 9.47 Å². The fourth-order valence-electron chi connectivity index (χ4n) is 4.75. The van der Waals surface area contributed by atoms with E-state index in [4.69, 9.17) is 9.47 Å². The average molecular weight is 405 g/mol. The summed E-state index contributed by atoms with van der Waals surface area (Å²) in [4.78, 5) is 17.7. The fourth-order valence-corrected chi connectivity index (χ4v) is 4.75. The van der Waals surface area contributed by atoms with Crippen LogP contribution in [0.1, 0.15) is 27.8 Å². The minimum absolute atomic E-state index is 0.162. The van der Waals surface area contributed by atoms with Crippen LogP contribution in [0.15, 0.2) is 42.5 Å². The van der Waals surface area contributed by atoms with Gasteiger partial charge in [0.2, 0.25) is 0 Å². The molecular formula is C25H28N2O3. The first-order valence-electron chi connectivity index (χ1n) is 10.8. The van der Waals surface area contributed by atoms with Gasteiger partial charge in [0.15, 0.2) is 5.78 Å². The smallest absolute Gasteiger partial charge is 0.171 e. The molecule has 156 valence electrons. The zero-order chi connectivity index (χ0) is 20.5. The number of fused-ring (bicyclic) bond motifs is 2. The molecule has 5 nitrogen and oxygen atoms in total. The van der Waals surface area contributed by atoms with Crippen molar-refractivity contribution >= 4 is 17.1 Å². The zero-order valence-corrected chi connectivity index (χ0v) is 17.5. The van der Waals surface area contributed by atoms with E-state index in [1.165, 1.54) is 11.1 Å². The van der Waals surface area contributed by atoms with Gasteiger partial charge in [0, 0.05) is 63.9 Å². The summed E-state index contributed by atoms with van der Waals surface area (Å²) in [6.07, 6.45) is 0.474. The predicted octanol–water partition coefficient (Wildman–Crippen LogP) is 2.97. The minimum Gasteiger partial charge on any atom is -0.487 e. The molecule has 0 spiro atoms. The van der Waals surface area contributed by atoms with E-state index in [2.05, 4.69) is 28.0 Å². The fraction of sp³-hybridized carbons (Fsp3) is 0.400. The topological polar surface area (TPSA) is 42.0 Å². The van der Waals surface area contributed by atoms with E-state index in [0.29, 0.717) is 13.0 Å². The van der Waals surface area contributed by atoms with E-state index in [1.54, 1.807) is 7.11 Å². The summed E-state index contributed by atoms with van der Waals surface area (Å²) in [6, 6.07) is 14.6. The van der Waals surface area contributed by atoms with Crippen LogP contribution in [0.5, 0.6) is 0 Å². The molecule has 0 bridgehead atoms. The number of benzene rings is 2. The van der Waals surface area contributed by atoms with Crippen molar-refractivity contribution in [2.24, 2.45) is 0 Å². The molecule has 0 amide bonds. The molecule has 1 aliphatic carbocycles. The second kappa shape index (κ2) is 8.34. The molecule has 3 aliphatic rings. The molecule has 5 rings (SSSR count).